The van der Waals surface area contributed by atoms with Gasteiger partial charge in [-0.2, -0.15) is 17.5 Å². The number of sulfonamides is 1. The molecule has 3 aromatic rings. The lowest BCUT2D eigenvalue weighted by atomic mass is 10.0. The fourth-order valence-electron chi connectivity index (χ4n) is 4.18. The molecule has 1 heterocycles. The first-order valence-corrected chi connectivity index (χ1v) is 12.4. The van der Waals surface area contributed by atoms with Gasteiger partial charge in [-0.15, -0.1) is 0 Å². The molecule has 0 saturated heterocycles. The monoisotopic (exact) mass is 551 g/mol. The van der Waals surface area contributed by atoms with Crippen LogP contribution in [-0.4, -0.2) is 44.3 Å². The minimum Gasteiger partial charge on any atom is -0.548 e. The summed E-state index contributed by atoms with van der Waals surface area (Å²) >= 11 is 0. The van der Waals surface area contributed by atoms with Crippen molar-refractivity contribution in [2.45, 2.75) is 23.7 Å². The molecule has 0 aliphatic carbocycles. The summed E-state index contributed by atoms with van der Waals surface area (Å²) in [5, 5.41) is 12.2. The van der Waals surface area contributed by atoms with E-state index in [1.165, 1.54) is 55.6 Å². The maximum absolute atomic E-state index is 14.7. The Balaban J connectivity index is 1.86. The minimum absolute atomic E-state index is 0.0763. The van der Waals surface area contributed by atoms with E-state index in [9.17, 15) is 40.7 Å². The Morgan fingerprint density at radius 1 is 1.00 bits per heavy atom. The van der Waals surface area contributed by atoms with Gasteiger partial charge in [0.2, 0.25) is 10.0 Å². The van der Waals surface area contributed by atoms with Gasteiger partial charge in [-0.25, -0.2) is 12.8 Å². The van der Waals surface area contributed by atoms with Gasteiger partial charge in [0.05, 0.1) is 35.1 Å². The molecule has 1 aliphatic heterocycles. The van der Waals surface area contributed by atoms with Gasteiger partial charge in [0.15, 0.2) is 0 Å². The molecule has 1 unspecified atom stereocenters. The third-order valence-corrected chi connectivity index (χ3v) is 7.90. The first kappa shape index (κ1) is 27.1. The molecule has 13 heteroatoms. The normalized spacial score (nSPS) is 16.4. The van der Waals surface area contributed by atoms with Gasteiger partial charge in [0.25, 0.3) is 5.91 Å². The Bertz CT molecular complexity index is 1490. The molecule has 38 heavy (non-hydrogen) atoms. The number of aliphatic carboxylic acids is 1. The van der Waals surface area contributed by atoms with Crippen molar-refractivity contribution in [3.05, 3.63) is 89.2 Å². The van der Waals surface area contributed by atoms with E-state index in [4.69, 9.17) is 4.74 Å². The predicted octanol–water partition coefficient (Wildman–Crippen LogP) is 2.82. The number of carbonyl (C=O) groups is 2. The molecule has 1 aliphatic rings. The van der Waals surface area contributed by atoms with Crippen LogP contribution in [0.1, 0.15) is 21.5 Å². The zero-order valence-corrected chi connectivity index (χ0v) is 20.4. The second-order valence-electron chi connectivity index (χ2n) is 8.27. The predicted molar refractivity (Wildman–Crippen MR) is 124 cm³/mol. The largest absolute Gasteiger partial charge is 0.548 e. The molecule has 1 amide bonds. The quantitative estimate of drug-likeness (QED) is 0.452. The summed E-state index contributed by atoms with van der Waals surface area (Å²) in [5.74, 6) is -4.53. The Kier molecular flexibility index (Phi) is 7.17. The van der Waals surface area contributed by atoms with Crippen LogP contribution in [0.4, 0.5) is 23.2 Å². The molecule has 0 radical (unpaired) electrons. The standard InChI is InChI=1S/C25H20F4N2O6S/c1-37-16-9-11-17(12-10-16)38(35,36)31-13-15-5-2-3-8-20(15)30(14-21(31)24(33)34)23(32)22-18(25(27,28)29)6-4-7-19(22)26/h2-12,21H,13-14H2,1H3,(H,33,34)/p-1. The second kappa shape index (κ2) is 10.1. The third-order valence-electron chi connectivity index (χ3n) is 6.03. The van der Waals surface area contributed by atoms with E-state index >= 15 is 0 Å². The van der Waals surface area contributed by atoms with E-state index < -0.39 is 64.2 Å². The van der Waals surface area contributed by atoms with Crippen LogP contribution in [0, 0.1) is 5.82 Å². The molecule has 8 nitrogen and oxygen atoms in total. The van der Waals surface area contributed by atoms with Gasteiger partial charge in [0.1, 0.15) is 11.6 Å². The molecule has 200 valence electrons. The molecule has 0 aromatic heterocycles. The number of fused-ring (bicyclic) bond motifs is 1. The van der Waals surface area contributed by atoms with Crippen LogP contribution in [0.2, 0.25) is 0 Å². The average Bonchev–Trinajstić information content (AvgIpc) is 3.05. The first-order chi connectivity index (χ1) is 17.9. The lowest BCUT2D eigenvalue weighted by Gasteiger charge is -2.32. The number of carboxylic acid groups (broad SMARTS) is 1. The van der Waals surface area contributed by atoms with E-state index in [1.807, 2.05) is 0 Å². The summed E-state index contributed by atoms with van der Waals surface area (Å²) in [6.07, 6.45) is -5.10. The van der Waals surface area contributed by atoms with E-state index in [0.29, 0.717) is 27.1 Å². The van der Waals surface area contributed by atoms with Crippen molar-refractivity contribution in [3.63, 3.8) is 0 Å². The van der Waals surface area contributed by atoms with E-state index in [0.717, 1.165) is 6.07 Å². The smallest absolute Gasteiger partial charge is 0.417 e. The van der Waals surface area contributed by atoms with Crippen LogP contribution >= 0.6 is 0 Å². The number of hydrogen-bond acceptors (Lipinski definition) is 6. The van der Waals surface area contributed by atoms with Gasteiger partial charge < -0.3 is 19.5 Å². The average molecular weight is 551 g/mol. The van der Waals surface area contributed by atoms with Crippen LogP contribution in [0.3, 0.4) is 0 Å². The minimum atomic E-state index is -5.10. The first-order valence-electron chi connectivity index (χ1n) is 11.0. The number of carbonyl (C=O) groups excluding carboxylic acids is 2. The van der Waals surface area contributed by atoms with E-state index in [2.05, 4.69) is 0 Å². The summed E-state index contributed by atoms with van der Waals surface area (Å²) in [4.78, 5) is 26.0. The SMILES string of the molecule is COc1ccc(S(=O)(=O)N2Cc3ccccc3N(C(=O)c3c(F)cccc3C(F)(F)F)CC2C(=O)[O-])cc1. The Labute approximate surface area is 214 Å². The van der Waals surface area contributed by atoms with Crippen molar-refractivity contribution in [1.82, 2.24) is 4.31 Å². The van der Waals surface area contributed by atoms with Crippen molar-refractivity contribution in [2.24, 2.45) is 0 Å². The summed E-state index contributed by atoms with van der Waals surface area (Å²) < 4.78 is 88.3. The molecule has 0 spiro atoms. The number of carboxylic acids is 1. The van der Waals surface area contributed by atoms with Gasteiger partial charge in [-0.3, -0.25) is 4.79 Å². The number of anilines is 1. The summed E-state index contributed by atoms with van der Waals surface area (Å²) in [5.41, 5.74) is -2.85. The zero-order valence-electron chi connectivity index (χ0n) is 19.6. The molecule has 0 bridgehead atoms. The Morgan fingerprint density at radius 3 is 2.26 bits per heavy atom. The fraction of sp³-hybridized carbons (Fsp3) is 0.200. The molecule has 1 atom stereocenters. The lowest BCUT2D eigenvalue weighted by Crippen LogP contribution is -2.55. The molecule has 3 aromatic carbocycles. The highest BCUT2D eigenvalue weighted by Crippen LogP contribution is 2.37. The van der Waals surface area contributed by atoms with Crippen LogP contribution in [0.15, 0.2) is 71.6 Å². The molecule has 0 fully saturated rings. The number of amides is 1. The number of nitrogens with zero attached hydrogens (tertiary/aromatic N) is 2. The number of hydrogen-bond donors (Lipinski definition) is 0. The highest BCUT2D eigenvalue weighted by Gasteiger charge is 2.42. The fourth-order valence-corrected chi connectivity index (χ4v) is 5.73. The number of methoxy groups -OCH3 is 1. The lowest BCUT2D eigenvalue weighted by molar-refractivity contribution is -0.310. The van der Waals surface area contributed by atoms with E-state index in [1.54, 1.807) is 0 Å². The van der Waals surface area contributed by atoms with Gasteiger partial charge >= 0.3 is 6.18 Å². The second-order valence-corrected chi connectivity index (χ2v) is 10.2. The van der Waals surface area contributed by atoms with Crippen molar-refractivity contribution in [2.75, 3.05) is 18.6 Å². The van der Waals surface area contributed by atoms with Crippen molar-refractivity contribution >= 4 is 27.6 Å². The molecule has 4 rings (SSSR count). The summed E-state index contributed by atoms with van der Waals surface area (Å²) in [6.45, 7) is -1.50. The molecule has 0 saturated carbocycles. The van der Waals surface area contributed by atoms with Crippen LogP contribution in [0.5, 0.6) is 5.75 Å². The number of halogens is 4. The maximum atomic E-state index is 14.7. The molecular formula is C25H19F4N2O6S-. The highest BCUT2D eigenvalue weighted by atomic mass is 32.2. The number of para-hydroxylation sites is 1. The van der Waals surface area contributed by atoms with Gasteiger partial charge in [-0.1, -0.05) is 24.3 Å². The third kappa shape index (κ3) is 4.94. The van der Waals surface area contributed by atoms with Gasteiger partial charge in [-0.05, 0) is 48.0 Å². The molecule has 0 N–H and O–H groups in total. The number of ether oxygens (including phenoxy) is 1. The summed E-state index contributed by atoms with van der Waals surface area (Å²) in [7, 11) is -3.17. The highest BCUT2D eigenvalue weighted by molar-refractivity contribution is 7.89. The van der Waals surface area contributed by atoms with Crippen molar-refractivity contribution < 1.29 is 45.4 Å². The maximum Gasteiger partial charge on any atom is 0.417 e. The van der Waals surface area contributed by atoms with Crippen molar-refractivity contribution in [3.8, 4) is 5.75 Å². The zero-order chi connectivity index (χ0) is 27.8. The topological polar surface area (TPSA) is 107 Å². The van der Waals surface area contributed by atoms with Crippen molar-refractivity contribution in [1.29, 1.82) is 0 Å². The van der Waals surface area contributed by atoms with E-state index in [-0.39, 0.29) is 16.1 Å². The van der Waals surface area contributed by atoms with Crippen LogP contribution in [-0.2, 0) is 27.5 Å². The Morgan fingerprint density at radius 2 is 1.66 bits per heavy atom. The van der Waals surface area contributed by atoms with Crippen LogP contribution < -0.4 is 14.7 Å². The number of rotatable bonds is 5. The summed E-state index contributed by atoms with van der Waals surface area (Å²) in [6, 6.07) is 10.6. The van der Waals surface area contributed by atoms with Gasteiger partial charge in [0, 0.05) is 18.8 Å². The molecular weight excluding hydrogens is 532 g/mol. The van der Waals surface area contributed by atoms with Crippen LogP contribution in [0.25, 0.3) is 0 Å². The number of alkyl halides is 3. The Hall–Kier alpha value is -3.97. The number of benzene rings is 3.